The zero-order valence-corrected chi connectivity index (χ0v) is 12.4. The van der Waals surface area contributed by atoms with Gasteiger partial charge in [0, 0.05) is 32.3 Å². The number of aromatic nitrogens is 1. The van der Waals surface area contributed by atoms with Crippen LogP contribution in [0.3, 0.4) is 0 Å². The topological polar surface area (TPSA) is 118 Å². The van der Waals surface area contributed by atoms with Gasteiger partial charge >= 0.3 is 5.97 Å². The predicted octanol–water partition coefficient (Wildman–Crippen LogP) is -0.364. The number of aliphatic hydroxyl groups is 1. The fraction of sp³-hybridized carbons (Fsp3) is 0.583. The molecule has 2 rings (SSSR count). The van der Waals surface area contributed by atoms with Gasteiger partial charge in [0.15, 0.2) is 0 Å². The smallest absolute Gasteiger partial charge is 0.352 e. The van der Waals surface area contributed by atoms with Crippen molar-refractivity contribution in [3.63, 3.8) is 0 Å². The summed E-state index contributed by atoms with van der Waals surface area (Å²) in [4.78, 5) is 10.9. The summed E-state index contributed by atoms with van der Waals surface area (Å²) in [7, 11) is -3.88. The SMILES string of the molecule is CCn1cc(S(=O)(=O)NCC2(O)CCOC2)cc1C(=O)O. The average Bonchev–Trinajstić information content (AvgIpc) is 3.03. The van der Waals surface area contributed by atoms with E-state index < -0.39 is 21.6 Å². The molecule has 1 fully saturated rings. The van der Waals surface area contributed by atoms with Crippen molar-refractivity contribution in [2.75, 3.05) is 19.8 Å². The Morgan fingerprint density at radius 3 is 2.76 bits per heavy atom. The lowest BCUT2D eigenvalue weighted by atomic mass is 10.1. The lowest BCUT2D eigenvalue weighted by molar-refractivity contribution is 0.0314. The average molecular weight is 318 g/mol. The Labute approximate surface area is 122 Å². The summed E-state index contributed by atoms with van der Waals surface area (Å²) in [5.74, 6) is -1.19. The second-order valence-electron chi connectivity index (χ2n) is 5.00. The number of carboxylic acid groups (broad SMARTS) is 1. The molecule has 118 valence electrons. The van der Waals surface area contributed by atoms with Crippen molar-refractivity contribution in [3.05, 3.63) is 18.0 Å². The molecule has 0 radical (unpaired) electrons. The molecule has 1 saturated heterocycles. The second kappa shape index (κ2) is 5.76. The number of hydrogen-bond donors (Lipinski definition) is 3. The summed E-state index contributed by atoms with van der Waals surface area (Å²) in [6.45, 7) is 2.35. The number of aryl methyl sites for hydroxylation is 1. The van der Waals surface area contributed by atoms with E-state index in [0.29, 0.717) is 19.6 Å². The van der Waals surface area contributed by atoms with E-state index in [9.17, 15) is 18.3 Å². The van der Waals surface area contributed by atoms with Crippen LogP contribution < -0.4 is 4.72 Å². The molecule has 0 saturated carbocycles. The Balaban J connectivity index is 2.17. The first-order chi connectivity index (χ1) is 9.77. The summed E-state index contributed by atoms with van der Waals surface area (Å²) >= 11 is 0. The van der Waals surface area contributed by atoms with Gasteiger partial charge < -0.3 is 19.5 Å². The molecular formula is C12H18N2O6S. The maximum absolute atomic E-state index is 12.2. The van der Waals surface area contributed by atoms with Crippen molar-refractivity contribution < 1.29 is 28.2 Å². The highest BCUT2D eigenvalue weighted by atomic mass is 32.2. The van der Waals surface area contributed by atoms with Crippen LogP contribution in [0, 0.1) is 0 Å². The van der Waals surface area contributed by atoms with Crippen molar-refractivity contribution >= 4 is 16.0 Å². The summed E-state index contributed by atoms with van der Waals surface area (Å²) < 4.78 is 33.0. The quantitative estimate of drug-likeness (QED) is 0.659. The summed E-state index contributed by atoms with van der Waals surface area (Å²) in [5, 5.41) is 19.1. The molecule has 0 spiro atoms. The number of sulfonamides is 1. The first kappa shape index (κ1) is 16.0. The molecule has 0 bridgehead atoms. The molecule has 1 aromatic rings. The van der Waals surface area contributed by atoms with Crippen molar-refractivity contribution in [3.8, 4) is 0 Å². The molecule has 3 N–H and O–H groups in total. The van der Waals surface area contributed by atoms with E-state index in [1.165, 1.54) is 10.8 Å². The predicted molar refractivity (Wildman–Crippen MR) is 72.6 cm³/mol. The van der Waals surface area contributed by atoms with Gasteiger partial charge in [-0.2, -0.15) is 0 Å². The Bertz CT molecular complexity index is 630. The van der Waals surface area contributed by atoms with Crippen LogP contribution in [0.2, 0.25) is 0 Å². The third-order valence-electron chi connectivity index (χ3n) is 3.42. The van der Waals surface area contributed by atoms with Crippen LogP contribution in [-0.2, 0) is 21.3 Å². The van der Waals surface area contributed by atoms with Gasteiger partial charge in [-0.15, -0.1) is 0 Å². The van der Waals surface area contributed by atoms with E-state index in [4.69, 9.17) is 9.84 Å². The molecule has 1 unspecified atom stereocenters. The molecule has 1 aromatic heterocycles. The molecule has 0 aliphatic carbocycles. The minimum atomic E-state index is -3.88. The maximum atomic E-state index is 12.2. The van der Waals surface area contributed by atoms with E-state index >= 15 is 0 Å². The van der Waals surface area contributed by atoms with Gasteiger partial charge in [-0.05, 0) is 13.0 Å². The summed E-state index contributed by atoms with van der Waals surface area (Å²) in [6, 6.07) is 1.10. The fourth-order valence-corrected chi connectivity index (χ4v) is 3.28. The molecule has 1 atom stereocenters. The Morgan fingerprint density at radius 2 is 2.29 bits per heavy atom. The standard InChI is InChI=1S/C12H18N2O6S/c1-2-14-6-9(5-10(14)11(15)16)21(18,19)13-7-12(17)3-4-20-8-12/h5-6,13,17H,2-4,7-8H2,1H3,(H,15,16). The van der Waals surface area contributed by atoms with Crippen molar-refractivity contribution in [2.24, 2.45) is 0 Å². The number of rotatable bonds is 6. The first-order valence-electron chi connectivity index (χ1n) is 6.51. The first-order valence-corrected chi connectivity index (χ1v) is 7.99. The molecule has 1 aliphatic rings. The Morgan fingerprint density at radius 1 is 1.57 bits per heavy atom. The van der Waals surface area contributed by atoms with Crippen LogP contribution in [-0.4, -0.2) is 54.5 Å². The third-order valence-corrected chi connectivity index (χ3v) is 4.78. The van der Waals surface area contributed by atoms with Crippen LogP contribution in [0.15, 0.2) is 17.2 Å². The largest absolute Gasteiger partial charge is 0.477 e. The normalized spacial score (nSPS) is 22.6. The van der Waals surface area contributed by atoms with Gasteiger partial charge in [-0.25, -0.2) is 17.9 Å². The van der Waals surface area contributed by atoms with Crippen LogP contribution in [0.1, 0.15) is 23.8 Å². The van der Waals surface area contributed by atoms with Gasteiger partial charge in [0.25, 0.3) is 0 Å². The summed E-state index contributed by atoms with van der Waals surface area (Å²) in [5.41, 5.74) is -1.31. The molecule has 2 heterocycles. The van der Waals surface area contributed by atoms with E-state index in [0.717, 1.165) is 6.07 Å². The van der Waals surface area contributed by atoms with Crippen molar-refractivity contribution in [2.45, 2.75) is 30.4 Å². The lowest BCUT2D eigenvalue weighted by Gasteiger charge is -2.20. The number of nitrogens with one attached hydrogen (secondary N) is 1. The van der Waals surface area contributed by atoms with Gasteiger partial charge in [-0.1, -0.05) is 0 Å². The monoisotopic (exact) mass is 318 g/mol. The van der Waals surface area contributed by atoms with E-state index in [2.05, 4.69) is 4.72 Å². The maximum Gasteiger partial charge on any atom is 0.352 e. The van der Waals surface area contributed by atoms with Crippen molar-refractivity contribution in [1.82, 2.24) is 9.29 Å². The minimum Gasteiger partial charge on any atom is -0.477 e. The van der Waals surface area contributed by atoms with Crippen LogP contribution >= 0.6 is 0 Å². The zero-order valence-electron chi connectivity index (χ0n) is 11.6. The third kappa shape index (κ3) is 3.43. The minimum absolute atomic E-state index is 0.0753. The van der Waals surface area contributed by atoms with Crippen LogP contribution in [0.5, 0.6) is 0 Å². The Hall–Kier alpha value is -1.42. The number of carbonyl (C=O) groups is 1. The molecule has 8 nitrogen and oxygen atoms in total. The molecule has 0 aromatic carbocycles. The number of hydrogen-bond acceptors (Lipinski definition) is 5. The highest BCUT2D eigenvalue weighted by Gasteiger charge is 2.34. The van der Waals surface area contributed by atoms with Crippen LogP contribution in [0.4, 0.5) is 0 Å². The van der Waals surface area contributed by atoms with E-state index in [-0.39, 0.29) is 23.7 Å². The Kier molecular flexibility index (Phi) is 4.38. The molecular weight excluding hydrogens is 300 g/mol. The number of ether oxygens (including phenoxy) is 1. The van der Waals surface area contributed by atoms with Gasteiger partial charge in [0.05, 0.1) is 6.61 Å². The van der Waals surface area contributed by atoms with E-state index in [1.54, 1.807) is 6.92 Å². The van der Waals surface area contributed by atoms with Crippen molar-refractivity contribution in [1.29, 1.82) is 0 Å². The second-order valence-corrected chi connectivity index (χ2v) is 6.77. The van der Waals surface area contributed by atoms with Gasteiger partial charge in [0.1, 0.15) is 16.2 Å². The zero-order chi connectivity index (χ0) is 15.7. The van der Waals surface area contributed by atoms with Gasteiger partial charge in [0.2, 0.25) is 10.0 Å². The highest BCUT2D eigenvalue weighted by Crippen LogP contribution is 2.19. The van der Waals surface area contributed by atoms with E-state index in [1.807, 2.05) is 0 Å². The molecule has 1 aliphatic heterocycles. The number of nitrogens with zero attached hydrogens (tertiary/aromatic N) is 1. The van der Waals surface area contributed by atoms with Gasteiger partial charge in [-0.3, -0.25) is 0 Å². The van der Waals surface area contributed by atoms with Crippen LogP contribution in [0.25, 0.3) is 0 Å². The molecule has 0 amide bonds. The fourth-order valence-electron chi connectivity index (χ4n) is 2.12. The lowest BCUT2D eigenvalue weighted by Crippen LogP contribution is -2.43. The molecule has 9 heteroatoms. The highest BCUT2D eigenvalue weighted by molar-refractivity contribution is 7.89. The summed E-state index contributed by atoms with van der Waals surface area (Å²) in [6.07, 6.45) is 1.62. The number of aromatic carboxylic acids is 1. The number of carboxylic acids is 1. The molecule has 21 heavy (non-hydrogen) atoms.